The molecule has 1 heterocycles. The Morgan fingerprint density at radius 3 is 2.38 bits per heavy atom. The molecule has 0 aliphatic carbocycles. The van der Waals surface area contributed by atoms with Crippen LogP contribution in [0.5, 0.6) is 0 Å². The molecule has 2 aromatic carbocycles. The van der Waals surface area contributed by atoms with E-state index in [4.69, 9.17) is 5.84 Å². The summed E-state index contributed by atoms with van der Waals surface area (Å²) < 4.78 is 0.952. The molecule has 8 heteroatoms. The van der Waals surface area contributed by atoms with Gasteiger partial charge in [-0.1, -0.05) is 59.8 Å². The van der Waals surface area contributed by atoms with Gasteiger partial charge in [-0.15, -0.1) is 10.2 Å². The van der Waals surface area contributed by atoms with Gasteiger partial charge in [-0.25, -0.2) is 0 Å². The van der Waals surface area contributed by atoms with Crippen molar-refractivity contribution in [2.75, 3.05) is 16.9 Å². The van der Waals surface area contributed by atoms with E-state index >= 15 is 0 Å². The fourth-order valence-electron chi connectivity index (χ4n) is 2.85. The summed E-state index contributed by atoms with van der Waals surface area (Å²) >= 11 is 1.07. The van der Waals surface area contributed by atoms with Gasteiger partial charge in [-0.2, -0.15) is 4.68 Å². The second-order valence-corrected chi connectivity index (χ2v) is 7.81. The highest BCUT2D eigenvalue weighted by atomic mass is 32.2. The van der Waals surface area contributed by atoms with Crippen LogP contribution in [0.2, 0.25) is 0 Å². The topological polar surface area (TPSA) is 103 Å². The zero-order valence-electron chi connectivity index (χ0n) is 16.6. The fourth-order valence-corrected chi connectivity index (χ4v) is 3.50. The van der Waals surface area contributed by atoms with Crippen molar-refractivity contribution < 1.29 is 4.79 Å². The summed E-state index contributed by atoms with van der Waals surface area (Å²) in [5.74, 6) is 5.76. The minimum atomic E-state index is -0.418. The smallest absolute Gasteiger partial charge is 0.294 e. The summed E-state index contributed by atoms with van der Waals surface area (Å²) in [6.45, 7) is 5.87. The Morgan fingerprint density at radius 2 is 1.72 bits per heavy atom. The van der Waals surface area contributed by atoms with Crippen molar-refractivity contribution in [1.82, 2.24) is 14.9 Å². The molecule has 7 nitrogen and oxygen atoms in total. The molecule has 0 spiro atoms. The predicted octanol–water partition coefficient (Wildman–Crippen LogP) is 2.60. The number of carbonyl (C=O) groups excluding carboxylic acids is 1. The van der Waals surface area contributed by atoms with Gasteiger partial charge in [0.25, 0.3) is 5.56 Å². The van der Waals surface area contributed by atoms with Crippen molar-refractivity contribution in [2.45, 2.75) is 32.3 Å². The molecule has 0 aliphatic rings. The third-order valence-corrected chi connectivity index (χ3v) is 5.44. The highest BCUT2D eigenvalue weighted by molar-refractivity contribution is 7.99. The van der Waals surface area contributed by atoms with Crippen LogP contribution in [0.1, 0.15) is 27.9 Å². The lowest BCUT2D eigenvalue weighted by atomic mass is 10.1. The molecule has 0 fully saturated rings. The number of thioether (sulfide) groups is 1. The normalized spacial score (nSPS) is 10.7. The molecule has 0 atom stereocenters. The van der Waals surface area contributed by atoms with E-state index in [1.807, 2.05) is 63.2 Å². The number of rotatable bonds is 6. The van der Waals surface area contributed by atoms with Gasteiger partial charge in [0.15, 0.2) is 0 Å². The third-order valence-electron chi connectivity index (χ3n) is 4.50. The van der Waals surface area contributed by atoms with Gasteiger partial charge in [-0.3, -0.25) is 9.59 Å². The highest BCUT2D eigenvalue weighted by Gasteiger charge is 2.14. The first-order valence-electron chi connectivity index (χ1n) is 9.13. The maximum Gasteiger partial charge on any atom is 0.294 e. The second-order valence-electron chi connectivity index (χ2n) is 6.87. The Hall–Kier alpha value is -3.13. The quantitative estimate of drug-likeness (QED) is 0.479. The number of nitrogen functional groups attached to an aromatic ring is 1. The Balaban J connectivity index is 1.67. The molecule has 150 valence electrons. The SMILES string of the molecule is Cc1ccc(Cc2nnc(SCC(=O)Nc3c(C)cccc3C)n(N)c2=O)cc1. The zero-order chi connectivity index (χ0) is 21.0. The first-order valence-corrected chi connectivity index (χ1v) is 10.1. The molecule has 0 unspecified atom stereocenters. The average Bonchev–Trinajstić information content (AvgIpc) is 2.69. The molecule has 1 amide bonds. The van der Waals surface area contributed by atoms with E-state index in [9.17, 15) is 9.59 Å². The van der Waals surface area contributed by atoms with Crippen LogP contribution in [0.25, 0.3) is 0 Å². The average molecular weight is 410 g/mol. The van der Waals surface area contributed by atoms with E-state index in [-0.39, 0.29) is 22.5 Å². The molecule has 0 saturated heterocycles. The van der Waals surface area contributed by atoms with Crippen LogP contribution < -0.4 is 16.7 Å². The van der Waals surface area contributed by atoms with E-state index in [1.54, 1.807) is 0 Å². The number of carbonyl (C=O) groups is 1. The monoisotopic (exact) mass is 409 g/mol. The molecule has 1 aromatic heterocycles. The number of hydrogen-bond donors (Lipinski definition) is 2. The summed E-state index contributed by atoms with van der Waals surface area (Å²) in [5, 5.41) is 11.2. The van der Waals surface area contributed by atoms with Crippen LogP contribution in [-0.2, 0) is 11.2 Å². The maximum atomic E-state index is 12.5. The lowest BCUT2D eigenvalue weighted by Gasteiger charge is -2.11. The molecule has 0 radical (unpaired) electrons. The molecule has 0 bridgehead atoms. The van der Waals surface area contributed by atoms with Gasteiger partial charge in [0, 0.05) is 12.1 Å². The van der Waals surface area contributed by atoms with Crippen LogP contribution in [-0.4, -0.2) is 26.5 Å². The lowest BCUT2D eigenvalue weighted by molar-refractivity contribution is -0.113. The van der Waals surface area contributed by atoms with Crippen molar-refractivity contribution in [2.24, 2.45) is 0 Å². The van der Waals surface area contributed by atoms with Crippen molar-refractivity contribution in [3.05, 3.63) is 80.8 Å². The van der Waals surface area contributed by atoms with Crippen LogP contribution in [0.3, 0.4) is 0 Å². The van der Waals surface area contributed by atoms with Crippen LogP contribution >= 0.6 is 11.8 Å². The number of aryl methyl sites for hydroxylation is 3. The summed E-state index contributed by atoms with van der Waals surface area (Å²) in [7, 11) is 0. The standard InChI is InChI=1S/C21H23N5O2S/c1-13-7-9-16(10-8-13)11-17-20(28)26(22)21(25-24-17)29-12-18(27)23-19-14(2)5-4-6-15(19)3/h4-10H,11-12,22H2,1-3H3,(H,23,27). The number of amides is 1. The van der Waals surface area contributed by atoms with Crippen LogP contribution in [0.15, 0.2) is 52.4 Å². The van der Waals surface area contributed by atoms with Crippen LogP contribution in [0.4, 0.5) is 5.69 Å². The number of para-hydroxylation sites is 1. The van der Waals surface area contributed by atoms with Gasteiger partial charge in [0.2, 0.25) is 11.1 Å². The van der Waals surface area contributed by atoms with E-state index in [2.05, 4.69) is 15.5 Å². The lowest BCUT2D eigenvalue weighted by Crippen LogP contribution is -2.34. The summed E-state index contributed by atoms with van der Waals surface area (Å²) in [6.07, 6.45) is 0.349. The van der Waals surface area contributed by atoms with Crippen LogP contribution in [0, 0.1) is 20.8 Å². The van der Waals surface area contributed by atoms with Gasteiger partial charge in [0.1, 0.15) is 5.69 Å². The van der Waals surface area contributed by atoms with Crippen molar-refractivity contribution in [3.63, 3.8) is 0 Å². The van der Waals surface area contributed by atoms with Gasteiger partial charge in [0.05, 0.1) is 5.75 Å². The highest BCUT2D eigenvalue weighted by Crippen LogP contribution is 2.20. The zero-order valence-corrected chi connectivity index (χ0v) is 17.4. The van der Waals surface area contributed by atoms with Gasteiger partial charge in [-0.05, 0) is 37.5 Å². The van der Waals surface area contributed by atoms with E-state index in [0.717, 1.165) is 44.4 Å². The number of aromatic nitrogens is 3. The predicted molar refractivity (Wildman–Crippen MR) is 116 cm³/mol. The molecule has 29 heavy (non-hydrogen) atoms. The number of nitrogens with two attached hydrogens (primary N) is 1. The largest absolute Gasteiger partial charge is 0.334 e. The number of nitrogens with zero attached hydrogens (tertiary/aromatic N) is 3. The Labute approximate surface area is 173 Å². The Kier molecular flexibility index (Phi) is 6.33. The number of benzene rings is 2. The minimum absolute atomic E-state index is 0.0659. The third kappa shape index (κ3) is 5.03. The first kappa shape index (κ1) is 20.6. The summed E-state index contributed by atoms with van der Waals surface area (Å²) in [5.41, 5.74) is 4.71. The van der Waals surface area contributed by atoms with Gasteiger partial charge < -0.3 is 11.2 Å². The summed E-state index contributed by atoms with van der Waals surface area (Å²) in [4.78, 5) is 24.8. The molecule has 0 saturated carbocycles. The summed E-state index contributed by atoms with van der Waals surface area (Å²) in [6, 6.07) is 13.6. The number of hydrogen-bond acceptors (Lipinski definition) is 6. The molecule has 0 aliphatic heterocycles. The molecule has 3 N–H and O–H groups in total. The van der Waals surface area contributed by atoms with Crippen molar-refractivity contribution >= 4 is 23.4 Å². The Morgan fingerprint density at radius 1 is 1.07 bits per heavy atom. The molecule has 3 aromatic rings. The van der Waals surface area contributed by atoms with E-state index in [0.29, 0.717) is 6.42 Å². The Bertz CT molecular complexity index is 1070. The van der Waals surface area contributed by atoms with Crippen molar-refractivity contribution in [1.29, 1.82) is 0 Å². The fraction of sp³-hybridized carbons (Fsp3) is 0.238. The van der Waals surface area contributed by atoms with E-state index < -0.39 is 5.56 Å². The maximum absolute atomic E-state index is 12.5. The first-order chi connectivity index (χ1) is 13.8. The molecule has 3 rings (SSSR count). The van der Waals surface area contributed by atoms with Gasteiger partial charge >= 0.3 is 0 Å². The molecular weight excluding hydrogens is 386 g/mol. The van der Waals surface area contributed by atoms with E-state index in [1.165, 1.54) is 0 Å². The minimum Gasteiger partial charge on any atom is -0.334 e. The molecular formula is C21H23N5O2S. The van der Waals surface area contributed by atoms with Crippen molar-refractivity contribution in [3.8, 4) is 0 Å². The second kappa shape index (κ2) is 8.91. The number of anilines is 1. The number of nitrogens with one attached hydrogen (secondary N) is 1.